The van der Waals surface area contributed by atoms with Crippen LogP contribution in [0.4, 0.5) is 0 Å². The Balaban J connectivity index is 2.46. The summed E-state index contributed by atoms with van der Waals surface area (Å²) in [5.74, 6) is 0.867. The average molecular weight is 212 g/mol. The van der Waals surface area contributed by atoms with Crippen LogP contribution in [0.3, 0.4) is 0 Å². The molecule has 1 rings (SSSR count). The van der Waals surface area contributed by atoms with Gasteiger partial charge in [-0.05, 0) is 36.9 Å². The zero-order chi connectivity index (χ0) is 10.8. The van der Waals surface area contributed by atoms with Crippen LogP contribution in [0.1, 0.15) is 47.0 Å². The predicted molar refractivity (Wildman–Crippen MR) is 67.9 cm³/mol. The fourth-order valence-corrected chi connectivity index (χ4v) is 2.24. The van der Waals surface area contributed by atoms with Crippen LogP contribution >= 0.6 is 11.8 Å². The van der Waals surface area contributed by atoms with Crippen LogP contribution in [-0.2, 0) is 0 Å². The van der Waals surface area contributed by atoms with Crippen LogP contribution in [0.25, 0.3) is 0 Å². The molecule has 82 valence electrons. The minimum atomic E-state index is 0.600. The van der Waals surface area contributed by atoms with Crippen molar-refractivity contribution in [1.29, 1.82) is 0 Å². The lowest BCUT2D eigenvalue weighted by molar-refractivity contribution is 0.606. The largest absolute Gasteiger partial charge is 0.162 e. The number of allylic oxidation sites excluding steroid dienone is 2. The molecule has 1 saturated carbocycles. The van der Waals surface area contributed by atoms with E-state index >= 15 is 0 Å². The van der Waals surface area contributed by atoms with Gasteiger partial charge in [0, 0.05) is 5.25 Å². The molecule has 1 heteroatoms. The Kier molecular flexibility index (Phi) is 4.12. The van der Waals surface area contributed by atoms with Crippen molar-refractivity contribution in [2.45, 2.75) is 52.2 Å². The van der Waals surface area contributed by atoms with E-state index in [2.05, 4.69) is 40.0 Å². The second kappa shape index (κ2) is 4.74. The lowest BCUT2D eigenvalue weighted by Crippen LogP contribution is -1.98. The van der Waals surface area contributed by atoms with Gasteiger partial charge in [0.1, 0.15) is 0 Å². The van der Waals surface area contributed by atoms with Gasteiger partial charge < -0.3 is 0 Å². The van der Waals surface area contributed by atoms with E-state index in [9.17, 15) is 0 Å². The van der Waals surface area contributed by atoms with Crippen LogP contribution in [0.5, 0.6) is 0 Å². The summed E-state index contributed by atoms with van der Waals surface area (Å²) in [5, 5.41) is 0.781. The third-order valence-electron chi connectivity index (χ3n) is 3.43. The number of hydrogen-bond acceptors (Lipinski definition) is 1. The summed E-state index contributed by atoms with van der Waals surface area (Å²) < 4.78 is 0. The van der Waals surface area contributed by atoms with Gasteiger partial charge in [0.05, 0.1) is 0 Å². The Morgan fingerprint density at radius 1 is 1.57 bits per heavy atom. The van der Waals surface area contributed by atoms with Gasteiger partial charge in [0.25, 0.3) is 0 Å². The van der Waals surface area contributed by atoms with Gasteiger partial charge in [-0.3, -0.25) is 0 Å². The topological polar surface area (TPSA) is 0 Å². The summed E-state index contributed by atoms with van der Waals surface area (Å²) in [6.07, 6.45) is 8.66. The normalized spacial score (nSPS) is 27.5. The summed E-state index contributed by atoms with van der Waals surface area (Å²) in [6.45, 7) is 9.36. The van der Waals surface area contributed by atoms with E-state index in [1.54, 1.807) is 5.57 Å². The minimum absolute atomic E-state index is 0.600. The van der Waals surface area contributed by atoms with Gasteiger partial charge in [-0.1, -0.05) is 39.3 Å². The fraction of sp³-hybridized carbons (Fsp3) is 0.846. The summed E-state index contributed by atoms with van der Waals surface area (Å²) in [6, 6.07) is 0. The number of hydrogen-bond donors (Lipinski definition) is 0. The van der Waals surface area contributed by atoms with Gasteiger partial charge in [0.2, 0.25) is 0 Å². The van der Waals surface area contributed by atoms with E-state index in [1.807, 2.05) is 11.8 Å². The molecule has 0 amide bonds. The molecule has 14 heavy (non-hydrogen) atoms. The monoisotopic (exact) mass is 212 g/mol. The SMILES string of the molecule is CCC(=CC1CC1(C)C)CC(C)SC. The summed E-state index contributed by atoms with van der Waals surface area (Å²) >= 11 is 1.98. The number of thioether (sulfide) groups is 1. The standard InChI is InChI=1S/C13H24S/c1-6-11(7-10(2)14-5)8-12-9-13(12,3)4/h8,10,12H,6-7,9H2,1-5H3. The molecule has 2 atom stereocenters. The summed E-state index contributed by atoms with van der Waals surface area (Å²) in [7, 11) is 0. The fourth-order valence-electron chi connectivity index (χ4n) is 1.86. The molecule has 0 aliphatic heterocycles. The molecular weight excluding hydrogens is 188 g/mol. The molecule has 0 nitrogen and oxygen atoms in total. The van der Waals surface area contributed by atoms with E-state index in [0.29, 0.717) is 5.41 Å². The van der Waals surface area contributed by atoms with E-state index in [-0.39, 0.29) is 0 Å². The third kappa shape index (κ3) is 3.34. The Morgan fingerprint density at radius 3 is 2.50 bits per heavy atom. The zero-order valence-corrected chi connectivity index (χ0v) is 11.1. The van der Waals surface area contributed by atoms with Gasteiger partial charge in [-0.15, -0.1) is 0 Å². The summed E-state index contributed by atoms with van der Waals surface area (Å²) in [5.41, 5.74) is 2.27. The van der Waals surface area contributed by atoms with Crippen molar-refractivity contribution >= 4 is 11.8 Å². The Labute approximate surface area is 93.5 Å². The van der Waals surface area contributed by atoms with E-state index in [0.717, 1.165) is 11.2 Å². The highest BCUT2D eigenvalue weighted by molar-refractivity contribution is 7.99. The zero-order valence-electron chi connectivity index (χ0n) is 10.3. The minimum Gasteiger partial charge on any atom is -0.162 e. The molecule has 2 unspecified atom stereocenters. The molecular formula is C13H24S. The Hall–Kier alpha value is 0.0900. The molecule has 0 bridgehead atoms. The second-order valence-corrected chi connectivity index (χ2v) is 6.50. The lowest BCUT2D eigenvalue weighted by atomic mass is 10.0. The maximum absolute atomic E-state index is 2.55. The van der Waals surface area contributed by atoms with Crippen molar-refractivity contribution < 1.29 is 0 Å². The lowest BCUT2D eigenvalue weighted by Gasteiger charge is -2.11. The highest BCUT2D eigenvalue weighted by Crippen LogP contribution is 2.53. The van der Waals surface area contributed by atoms with Crippen LogP contribution in [-0.4, -0.2) is 11.5 Å². The Morgan fingerprint density at radius 2 is 2.14 bits per heavy atom. The maximum atomic E-state index is 2.55. The van der Waals surface area contributed by atoms with Gasteiger partial charge in [-0.2, -0.15) is 11.8 Å². The van der Waals surface area contributed by atoms with Gasteiger partial charge >= 0.3 is 0 Å². The molecule has 0 N–H and O–H groups in total. The molecule has 1 fully saturated rings. The average Bonchev–Trinajstić information content (AvgIpc) is 2.72. The molecule has 0 radical (unpaired) electrons. The van der Waals surface area contributed by atoms with Crippen molar-refractivity contribution in [3.8, 4) is 0 Å². The molecule has 0 spiro atoms. The summed E-state index contributed by atoms with van der Waals surface area (Å²) in [4.78, 5) is 0. The predicted octanol–water partition coefficient (Wildman–Crippen LogP) is 4.51. The highest BCUT2D eigenvalue weighted by atomic mass is 32.2. The quantitative estimate of drug-likeness (QED) is 0.604. The molecule has 0 heterocycles. The first kappa shape index (κ1) is 12.2. The first-order chi connectivity index (χ1) is 6.49. The third-order valence-corrected chi connectivity index (χ3v) is 4.40. The van der Waals surface area contributed by atoms with Crippen LogP contribution in [0.15, 0.2) is 11.6 Å². The Bertz CT molecular complexity index is 215. The maximum Gasteiger partial charge on any atom is 0.00531 e. The highest BCUT2D eigenvalue weighted by Gasteiger charge is 2.43. The van der Waals surface area contributed by atoms with Gasteiger partial charge in [-0.25, -0.2) is 0 Å². The first-order valence-electron chi connectivity index (χ1n) is 5.72. The van der Waals surface area contributed by atoms with Crippen molar-refractivity contribution in [2.75, 3.05) is 6.26 Å². The first-order valence-corrected chi connectivity index (χ1v) is 7.00. The molecule has 0 aromatic heterocycles. The molecule has 1 aliphatic rings. The smallest absolute Gasteiger partial charge is 0.00531 e. The van der Waals surface area contributed by atoms with Crippen molar-refractivity contribution in [1.82, 2.24) is 0 Å². The van der Waals surface area contributed by atoms with Crippen molar-refractivity contribution in [3.05, 3.63) is 11.6 Å². The van der Waals surface area contributed by atoms with Gasteiger partial charge in [0.15, 0.2) is 0 Å². The van der Waals surface area contributed by atoms with Crippen LogP contribution in [0.2, 0.25) is 0 Å². The van der Waals surface area contributed by atoms with E-state index in [4.69, 9.17) is 0 Å². The molecule has 0 aromatic carbocycles. The molecule has 0 aromatic rings. The molecule has 1 aliphatic carbocycles. The van der Waals surface area contributed by atoms with Crippen molar-refractivity contribution in [3.63, 3.8) is 0 Å². The van der Waals surface area contributed by atoms with Crippen molar-refractivity contribution in [2.24, 2.45) is 11.3 Å². The number of rotatable bonds is 5. The van der Waals surface area contributed by atoms with E-state index < -0.39 is 0 Å². The van der Waals surface area contributed by atoms with E-state index in [1.165, 1.54) is 19.3 Å². The second-order valence-electron chi connectivity index (χ2n) is 5.23. The molecule has 0 saturated heterocycles. The van der Waals surface area contributed by atoms with Crippen LogP contribution < -0.4 is 0 Å². The van der Waals surface area contributed by atoms with Crippen LogP contribution in [0, 0.1) is 11.3 Å².